The van der Waals surface area contributed by atoms with E-state index in [1.54, 1.807) is 30.1 Å². The zero-order chi connectivity index (χ0) is 8.97. The van der Waals surface area contributed by atoms with Crippen molar-refractivity contribution in [1.82, 2.24) is 4.57 Å². The van der Waals surface area contributed by atoms with Crippen molar-refractivity contribution in [3.63, 3.8) is 0 Å². The van der Waals surface area contributed by atoms with Gasteiger partial charge in [-0.15, -0.1) is 0 Å². The Morgan fingerprint density at radius 2 is 2.50 bits per heavy atom. The summed E-state index contributed by atoms with van der Waals surface area (Å²) in [5.74, 6) is -0.897. The highest BCUT2D eigenvalue weighted by Crippen LogP contribution is 2.00. The van der Waals surface area contributed by atoms with Crippen molar-refractivity contribution >= 4 is 5.97 Å². The minimum atomic E-state index is -0.897. The topological polar surface area (TPSA) is 51.5 Å². The third-order valence-electron chi connectivity index (χ3n) is 1.55. The third-order valence-corrected chi connectivity index (χ3v) is 1.55. The summed E-state index contributed by atoms with van der Waals surface area (Å²) in [5, 5.41) is 8.58. The van der Waals surface area contributed by atoms with Gasteiger partial charge in [-0.2, -0.15) is 0 Å². The van der Waals surface area contributed by atoms with Crippen LogP contribution in [0, 0.1) is 0 Å². The Morgan fingerprint density at radius 1 is 1.75 bits per heavy atom. The van der Waals surface area contributed by atoms with E-state index < -0.39 is 5.97 Å². The average molecular weight is 169 g/mol. The van der Waals surface area contributed by atoms with Crippen LogP contribution >= 0.6 is 0 Å². The molecule has 0 spiro atoms. The summed E-state index contributed by atoms with van der Waals surface area (Å²) in [7, 11) is 1.61. The Bertz CT molecular complexity index is 267. The SMILES string of the molecule is COCCn1ccc(C(=O)O)c1. The Hall–Kier alpha value is -1.29. The number of nitrogens with zero attached hydrogens (tertiary/aromatic N) is 1. The quantitative estimate of drug-likeness (QED) is 0.726. The molecular weight excluding hydrogens is 158 g/mol. The number of carboxylic acid groups (broad SMARTS) is 1. The maximum Gasteiger partial charge on any atom is 0.337 e. The molecule has 0 saturated carbocycles. The van der Waals surface area contributed by atoms with Gasteiger partial charge in [0, 0.05) is 26.0 Å². The Kier molecular flexibility index (Phi) is 2.88. The summed E-state index contributed by atoms with van der Waals surface area (Å²) in [5.41, 5.74) is 0.311. The second-order valence-corrected chi connectivity index (χ2v) is 2.44. The van der Waals surface area contributed by atoms with Crippen LogP contribution in [0.15, 0.2) is 18.5 Å². The third kappa shape index (κ3) is 2.10. The van der Waals surface area contributed by atoms with Crippen LogP contribution in [0.4, 0.5) is 0 Å². The lowest BCUT2D eigenvalue weighted by Gasteiger charge is -1.99. The maximum atomic E-state index is 10.4. The van der Waals surface area contributed by atoms with Crippen molar-refractivity contribution in [2.75, 3.05) is 13.7 Å². The van der Waals surface area contributed by atoms with Gasteiger partial charge in [-0.05, 0) is 6.07 Å². The van der Waals surface area contributed by atoms with Crippen LogP contribution in [0.1, 0.15) is 10.4 Å². The van der Waals surface area contributed by atoms with Gasteiger partial charge < -0.3 is 14.4 Å². The van der Waals surface area contributed by atoms with E-state index in [9.17, 15) is 4.79 Å². The standard InChI is InChI=1S/C8H11NO3/c1-12-5-4-9-3-2-7(6-9)8(10)11/h2-3,6H,4-5H2,1H3,(H,10,11). The van der Waals surface area contributed by atoms with Gasteiger partial charge >= 0.3 is 5.97 Å². The van der Waals surface area contributed by atoms with E-state index >= 15 is 0 Å². The van der Waals surface area contributed by atoms with Crippen LogP contribution in [-0.2, 0) is 11.3 Å². The molecule has 4 heteroatoms. The molecule has 0 aromatic carbocycles. The number of aromatic nitrogens is 1. The molecule has 1 N–H and O–H groups in total. The van der Waals surface area contributed by atoms with Crippen molar-refractivity contribution < 1.29 is 14.6 Å². The monoisotopic (exact) mass is 169 g/mol. The molecule has 0 radical (unpaired) electrons. The molecule has 1 aromatic rings. The molecule has 66 valence electrons. The molecule has 12 heavy (non-hydrogen) atoms. The van der Waals surface area contributed by atoms with E-state index in [0.29, 0.717) is 18.7 Å². The summed E-state index contributed by atoms with van der Waals surface area (Å²) in [6.07, 6.45) is 3.31. The molecule has 0 fully saturated rings. The number of hydrogen-bond acceptors (Lipinski definition) is 2. The van der Waals surface area contributed by atoms with Crippen molar-refractivity contribution in [2.24, 2.45) is 0 Å². The Morgan fingerprint density at radius 3 is 3.00 bits per heavy atom. The highest BCUT2D eigenvalue weighted by molar-refractivity contribution is 5.87. The van der Waals surface area contributed by atoms with Crippen molar-refractivity contribution in [3.05, 3.63) is 24.0 Å². The van der Waals surface area contributed by atoms with E-state index in [1.807, 2.05) is 0 Å². The first-order valence-corrected chi connectivity index (χ1v) is 3.62. The molecule has 1 rings (SSSR count). The summed E-state index contributed by atoms with van der Waals surface area (Å²) in [4.78, 5) is 10.4. The molecule has 0 aliphatic rings. The molecule has 0 amide bonds. The van der Waals surface area contributed by atoms with E-state index in [1.165, 1.54) is 0 Å². The molecule has 1 heterocycles. The second kappa shape index (κ2) is 3.92. The largest absolute Gasteiger partial charge is 0.478 e. The van der Waals surface area contributed by atoms with E-state index in [0.717, 1.165) is 0 Å². The fourth-order valence-electron chi connectivity index (χ4n) is 0.903. The molecule has 0 bridgehead atoms. The fraction of sp³-hybridized carbons (Fsp3) is 0.375. The van der Waals surface area contributed by atoms with Crippen LogP contribution in [0.5, 0.6) is 0 Å². The van der Waals surface area contributed by atoms with Crippen molar-refractivity contribution in [3.8, 4) is 0 Å². The number of carbonyl (C=O) groups is 1. The molecular formula is C8H11NO3. The van der Waals surface area contributed by atoms with Gasteiger partial charge in [0.1, 0.15) is 0 Å². The second-order valence-electron chi connectivity index (χ2n) is 2.44. The van der Waals surface area contributed by atoms with Gasteiger partial charge in [0.05, 0.1) is 12.2 Å². The predicted molar refractivity (Wildman–Crippen MR) is 43.3 cm³/mol. The van der Waals surface area contributed by atoms with Crippen molar-refractivity contribution in [1.29, 1.82) is 0 Å². The minimum Gasteiger partial charge on any atom is -0.478 e. The highest BCUT2D eigenvalue weighted by Gasteiger charge is 2.03. The van der Waals surface area contributed by atoms with E-state index in [4.69, 9.17) is 9.84 Å². The molecule has 0 unspecified atom stereocenters. The van der Waals surface area contributed by atoms with Gasteiger partial charge in [0.25, 0.3) is 0 Å². The lowest BCUT2D eigenvalue weighted by Crippen LogP contribution is -2.01. The number of rotatable bonds is 4. The highest BCUT2D eigenvalue weighted by atomic mass is 16.5. The summed E-state index contributed by atoms with van der Waals surface area (Å²) >= 11 is 0. The Labute approximate surface area is 70.4 Å². The smallest absolute Gasteiger partial charge is 0.337 e. The van der Waals surface area contributed by atoms with Crippen molar-refractivity contribution in [2.45, 2.75) is 6.54 Å². The zero-order valence-corrected chi connectivity index (χ0v) is 6.86. The molecule has 0 atom stereocenters. The minimum absolute atomic E-state index is 0.311. The van der Waals surface area contributed by atoms with Crippen LogP contribution < -0.4 is 0 Å². The van der Waals surface area contributed by atoms with E-state index in [-0.39, 0.29) is 0 Å². The summed E-state index contributed by atoms with van der Waals surface area (Å²) in [6.45, 7) is 1.28. The average Bonchev–Trinajstić information content (AvgIpc) is 2.48. The number of aromatic carboxylic acids is 1. The van der Waals surface area contributed by atoms with Crippen LogP contribution in [0.25, 0.3) is 0 Å². The molecule has 0 saturated heterocycles. The first-order chi connectivity index (χ1) is 5.74. The van der Waals surface area contributed by atoms with Gasteiger partial charge in [-0.1, -0.05) is 0 Å². The number of methoxy groups -OCH3 is 1. The lowest BCUT2D eigenvalue weighted by molar-refractivity contribution is 0.0696. The molecule has 1 aromatic heterocycles. The maximum absolute atomic E-state index is 10.4. The lowest BCUT2D eigenvalue weighted by atomic mass is 10.4. The first-order valence-electron chi connectivity index (χ1n) is 3.62. The van der Waals surface area contributed by atoms with Crippen LogP contribution in [-0.4, -0.2) is 29.4 Å². The molecule has 0 aliphatic heterocycles. The normalized spacial score (nSPS) is 10.1. The summed E-state index contributed by atoms with van der Waals surface area (Å²) < 4.78 is 6.63. The Balaban J connectivity index is 2.58. The van der Waals surface area contributed by atoms with Gasteiger partial charge in [-0.3, -0.25) is 0 Å². The predicted octanol–water partition coefficient (Wildman–Crippen LogP) is 0.833. The number of hydrogen-bond donors (Lipinski definition) is 1. The molecule has 4 nitrogen and oxygen atoms in total. The number of carboxylic acids is 1. The zero-order valence-electron chi connectivity index (χ0n) is 6.86. The first kappa shape index (κ1) is 8.80. The van der Waals surface area contributed by atoms with Gasteiger partial charge in [-0.25, -0.2) is 4.79 Å². The van der Waals surface area contributed by atoms with Gasteiger partial charge in [0.2, 0.25) is 0 Å². The molecule has 0 aliphatic carbocycles. The summed E-state index contributed by atoms with van der Waals surface area (Å²) in [6, 6.07) is 1.57. The van der Waals surface area contributed by atoms with Crippen LogP contribution in [0.3, 0.4) is 0 Å². The fourth-order valence-corrected chi connectivity index (χ4v) is 0.903. The van der Waals surface area contributed by atoms with Gasteiger partial charge in [0.15, 0.2) is 0 Å². The van der Waals surface area contributed by atoms with Crippen LogP contribution in [0.2, 0.25) is 0 Å². The van der Waals surface area contributed by atoms with E-state index in [2.05, 4.69) is 0 Å². The number of ether oxygens (including phenoxy) is 1.